The zero-order valence-corrected chi connectivity index (χ0v) is 10.8. The lowest BCUT2D eigenvalue weighted by Crippen LogP contribution is -2.32. The zero-order chi connectivity index (χ0) is 12.8. The first kappa shape index (κ1) is 11.5. The van der Waals surface area contributed by atoms with Gasteiger partial charge in [0, 0.05) is 22.5 Å². The van der Waals surface area contributed by atoms with E-state index in [0.29, 0.717) is 5.02 Å². The first-order chi connectivity index (χ1) is 8.67. The molecule has 1 unspecified atom stereocenters. The number of Topliss-reactive ketones (excluding diaryl/α,β-unsaturated/α-hetero) is 1. The van der Waals surface area contributed by atoms with Gasteiger partial charge in [0.05, 0.1) is 11.7 Å². The van der Waals surface area contributed by atoms with Crippen LogP contribution < -0.4 is 0 Å². The molecule has 1 aliphatic carbocycles. The fraction of sp³-hybridized carbons (Fsp3) is 0.286. The second-order valence-electron chi connectivity index (χ2n) is 4.71. The van der Waals surface area contributed by atoms with Crippen molar-refractivity contribution < 1.29 is 4.79 Å². The maximum absolute atomic E-state index is 12.7. The van der Waals surface area contributed by atoms with E-state index >= 15 is 0 Å². The van der Waals surface area contributed by atoms with Crippen molar-refractivity contribution in [3.8, 4) is 0 Å². The molecule has 0 radical (unpaired) electrons. The van der Waals surface area contributed by atoms with E-state index in [1.807, 2.05) is 19.1 Å². The summed E-state index contributed by atoms with van der Waals surface area (Å²) in [5.74, 6) is 0.145. The second kappa shape index (κ2) is 3.95. The van der Waals surface area contributed by atoms with Gasteiger partial charge in [-0.1, -0.05) is 24.6 Å². The first-order valence-electron chi connectivity index (χ1n) is 5.99. The highest BCUT2D eigenvalue weighted by Crippen LogP contribution is 2.41. The first-order valence-corrected chi connectivity index (χ1v) is 6.37. The van der Waals surface area contributed by atoms with Gasteiger partial charge >= 0.3 is 0 Å². The molecule has 0 saturated carbocycles. The molecule has 92 valence electrons. The van der Waals surface area contributed by atoms with Crippen molar-refractivity contribution in [1.82, 2.24) is 9.97 Å². The van der Waals surface area contributed by atoms with Crippen molar-refractivity contribution in [2.24, 2.45) is 0 Å². The number of carbonyl (C=O) groups excluding carboxylic acids is 1. The molecule has 1 heterocycles. The van der Waals surface area contributed by atoms with Crippen LogP contribution in [0.3, 0.4) is 0 Å². The fourth-order valence-corrected chi connectivity index (χ4v) is 2.96. The van der Waals surface area contributed by atoms with E-state index in [9.17, 15) is 4.79 Å². The van der Waals surface area contributed by atoms with Crippen molar-refractivity contribution in [2.75, 3.05) is 0 Å². The monoisotopic (exact) mass is 260 g/mol. The van der Waals surface area contributed by atoms with Gasteiger partial charge in [-0.15, -0.1) is 0 Å². The number of ketones is 1. The standard InChI is InChI=1S/C14H13ClN2O/c1-2-14(12-7-16-8-17-12)6-9-3-4-10(15)5-11(9)13(14)18/h3-5,7-8H,2,6H2,1H3,(H,16,17). The molecule has 0 spiro atoms. The molecule has 0 saturated heterocycles. The van der Waals surface area contributed by atoms with Crippen LogP contribution in [0.1, 0.15) is 35.0 Å². The number of nitrogens with zero attached hydrogens (tertiary/aromatic N) is 1. The molecule has 18 heavy (non-hydrogen) atoms. The third-order valence-corrected chi connectivity index (χ3v) is 4.10. The Labute approximate surface area is 110 Å². The van der Waals surface area contributed by atoms with Crippen LogP contribution in [-0.2, 0) is 11.8 Å². The average molecular weight is 261 g/mol. The molecule has 0 fully saturated rings. The Morgan fingerprint density at radius 2 is 2.33 bits per heavy atom. The smallest absolute Gasteiger partial charge is 0.175 e. The second-order valence-corrected chi connectivity index (χ2v) is 5.14. The van der Waals surface area contributed by atoms with Gasteiger partial charge in [0.15, 0.2) is 5.78 Å². The quantitative estimate of drug-likeness (QED) is 0.902. The molecule has 1 aromatic carbocycles. The maximum Gasteiger partial charge on any atom is 0.175 e. The highest BCUT2D eigenvalue weighted by atomic mass is 35.5. The van der Waals surface area contributed by atoms with Crippen LogP contribution in [0.15, 0.2) is 30.7 Å². The Kier molecular flexibility index (Phi) is 2.52. The van der Waals surface area contributed by atoms with Crippen LogP contribution in [0, 0.1) is 0 Å². The molecular formula is C14H13ClN2O. The minimum Gasteiger partial charge on any atom is -0.348 e. The summed E-state index contributed by atoms with van der Waals surface area (Å²) in [5.41, 5.74) is 2.21. The molecule has 2 aromatic rings. The molecule has 1 atom stereocenters. The highest BCUT2D eigenvalue weighted by molar-refractivity contribution is 6.31. The maximum atomic E-state index is 12.7. The van der Waals surface area contributed by atoms with Crippen LogP contribution >= 0.6 is 11.6 Å². The zero-order valence-electron chi connectivity index (χ0n) is 10.0. The summed E-state index contributed by atoms with van der Waals surface area (Å²) < 4.78 is 0. The van der Waals surface area contributed by atoms with Crippen LogP contribution in [0.25, 0.3) is 0 Å². The number of hydrogen-bond donors (Lipinski definition) is 1. The molecule has 3 nitrogen and oxygen atoms in total. The SMILES string of the molecule is CCC1(c2cnc[nH]2)Cc2ccc(Cl)cc2C1=O. The number of hydrogen-bond acceptors (Lipinski definition) is 2. The molecule has 0 aliphatic heterocycles. The topological polar surface area (TPSA) is 45.8 Å². The van der Waals surface area contributed by atoms with Crippen LogP contribution in [0.5, 0.6) is 0 Å². The molecule has 3 rings (SSSR count). The summed E-state index contributed by atoms with van der Waals surface area (Å²) in [6.45, 7) is 2.03. The lowest BCUT2D eigenvalue weighted by Gasteiger charge is -2.23. The van der Waals surface area contributed by atoms with Gasteiger partial charge in [0.2, 0.25) is 0 Å². The summed E-state index contributed by atoms with van der Waals surface area (Å²) in [4.78, 5) is 19.8. The number of aromatic amines is 1. The lowest BCUT2D eigenvalue weighted by molar-refractivity contribution is 0.0895. The number of fused-ring (bicyclic) bond motifs is 1. The third kappa shape index (κ3) is 1.44. The van der Waals surface area contributed by atoms with E-state index in [1.165, 1.54) is 0 Å². The number of carbonyl (C=O) groups is 1. The number of halogens is 1. The number of benzene rings is 1. The summed E-state index contributed by atoms with van der Waals surface area (Å²) in [6, 6.07) is 5.56. The number of H-pyrrole nitrogens is 1. The predicted molar refractivity (Wildman–Crippen MR) is 70.0 cm³/mol. The van der Waals surface area contributed by atoms with Crippen molar-refractivity contribution in [3.63, 3.8) is 0 Å². The van der Waals surface area contributed by atoms with Gasteiger partial charge in [-0.05, 0) is 30.5 Å². The minimum absolute atomic E-state index is 0.145. The number of aromatic nitrogens is 2. The van der Waals surface area contributed by atoms with E-state index in [2.05, 4.69) is 9.97 Å². The van der Waals surface area contributed by atoms with Crippen LogP contribution in [0.4, 0.5) is 0 Å². The number of nitrogens with one attached hydrogen (secondary N) is 1. The highest BCUT2D eigenvalue weighted by Gasteiger charge is 2.46. The van der Waals surface area contributed by atoms with Crippen molar-refractivity contribution >= 4 is 17.4 Å². The fourth-order valence-electron chi connectivity index (χ4n) is 2.79. The van der Waals surface area contributed by atoms with Gasteiger partial charge in [0.1, 0.15) is 0 Å². The van der Waals surface area contributed by atoms with E-state index in [0.717, 1.165) is 29.7 Å². The van der Waals surface area contributed by atoms with E-state index in [4.69, 9.17) is 11.6 Å². The molecule has 1 aromatic heterocycles. The summed E-state index contributed by atoms with van der Waals surface area (Å²) in [7, 11) is 0. The lowest BCUT2D eigenvalue weighted by atomic mass is 9.78. The Morgan fingerprint density at radius 1 is 1.50 bits per heavy atom. The van der Waals surface area contributed by atoms with Gasteiger partial charge < -0.3 is 4.98 Å². The normalized spacial score (nSPS) is 22.2. The van der Waals surface area contributed by atoms with Crippen molar-refractivity contribution in [3.05, 3.63) is 52.6 Å². The predicted octanol–water partition coefficient (Wildman–Crippen LogP) is 3.15. The van der Waals surface area contributed by atoms with Crippen molar-refractivity contribution in [1.29, 1.82) is 0 Å². The average Bonchev–Trinajstić information content (AvgIpc) is 2.98. The van der Waals surface area contributed by atoms with Gasteiger partial charge in [-0.25, -0.2) is 4.98 Å². The molecule has 1 aliphatic rings. The minimum atomic E-state index is -0.497. The Balaban J connectivity index is 2.15. The van der Waals surface area contributed by atoms with E-state index < -0.39 is 5.41 Å². The molecular weight excluding hydrogens is 248 g/mol. The largest absolute Gasteiger partial charge is 0.348 e. The van der Waals surface area contributed by atoms with Gasteiger partial charge in [-0.2, -0.15) is 0 Å². The van der Waals surface area contributed by atoms with Crippen molar-refractivity contribution in [2.45, 2.75) is 25.2 Å². The Hall–Kier alpha value is -1.61. The summed E-state index contributed by atoms with van der Waals surface area (Å²) in [5, 5.41) is 0.610. The molecule has 0 bridgehead atoms. The Morgan fingerprint density at radius 3 is 3.00 bits per heavy atom. The number of rotatable bonds is 2. The van der Waals surface area contributed by atoms with Gasteiger partial charge in [-0.3, -0.25) is 4.79 Å². The van der Waals surface area contributed by atoms with Gasteiger partial charge in [0.25, 0.3) is 0 Å². The summed E-state index contributed by atoms with van der Waals surface area (Å²) in [6.07, 6.45) is 4.84. The molecule has 0 amide bonds. The van der Waals surface area contributed by atoms with Crippen LogP contribution in [-0.4, -0.2) is 15.8 Å². The molecule has 4 heteroatoms. The molecule has 1 N–H and O–H groups in total. The van der Waals surface area contributed by atoms with E-state index in [1.54, 1.807) is 18.6 Å². The third-order valence-electron chi connectivity index (χ3n) is 3.86. The van der Waals surface area contributed by atoms with E-state index in [-0.39, 0.29) is 5.78 Å². The van der Waals surface area contributed by atoms with Crippen LogP contribution in [0.2, 0.25) is 5.02 Å². The summed E-state index contributed by atoms with van der Waals surface area (Å²) >= 11 is 5.98. The Bertz CT molecular complexity index is 606. The number of imidazole rings is 1.